The van der Waals surface area contributed by atoms with E-state index in [1.54, 1.807) is 0 Å². The molecule has 18 heavy (non-hydrogen) atoms. The SMILES string of the molecule is CCCN1CCCC(C(C)NC(C)COCC)C1. The van der Waals surface area contributed by atoms with Crippen LogP contribution in [0.5, 0.6) is 0 Å². The molecule has 0 spiro atoms. The van der Waals surface area contributed by atoms with Crippen molar-refractivity contribution in [3.05, 3.63) is 0 Å². The zero-order valence-corrected chi connectivity index (χ0v) is 12.7. The molecular formula is C15H32N2O. The van der Waals surface area contributed by atoms with Crippen molar-refractivity contribution in [1.82, 2.24) is 10.2 Å². The van der Waals surface area contributed by atoms with Crippen molar-refractivity contribution in [3.63, 3.8) is 0 Å². The number of nitrogens with zero attached hydrogens (tertiary/aromatic N) is 1. The fraction of sp³-hybridized carbons (Fsp3) is 1.00. The van der Waals surface area contributed by atoms with Gasteiger partial charge in [-0.15, -0.1) is 0 Å². The molecule has 1 aliphatic rings. The van der Waals surface area contributed by atoms with Crippen molar-refractivity contribution in [3.8, 4) is 0 Å². The first kappa shape index (κ1) is 15.9. The van der Waals surface area contributed by atoms with Crippen LogP contribution in [-0.4, -0.2) is 49.8 Å². The van der Waals surface area contributed by atoms with Gasteiger partial charge in [-0.05, 0) is 59.0 Å². The van der Waals surface area contributed by atoms with E-state index in [1.807, 2.05) is 0 Å². The maximum Gasteiger partial charge on any atom is 0.0616 e. The summed E-state index contributed by atoms with van der Waals surface area (Å²) in [6.07, 6.45) is 4.00. The number of likely N-dealkylation sites (tertiary alicyclic amines) is 1. The monoisotopic (exact) mass is 256 g/mol. The summed E-state index contributed by atoms with van der Waals surface area (Å²) in [6.45, 7) is 14.4. The predicted molar refractivity (Wildman–Crippen MR) is 78.0 cm³/mol. The standard InChI is InChI=1S/C15H32N2O/c1-5-9-17-10-7-8-15(11-17)14(4)16-13(3)12-18-6-2/h13-16H,5-12H2,1-4H3. The molecule has 1 N–H and O–H groups in total. The van der Waals surface area contributed by atoms with E-state index in [0.29, 0.717) is 12.1 Å². The number of piperidine rings is 1. The first-order valence-electron chi connectivity index (χ1n) is 7.73. The van der Waals surface area contributed by atoms with Crippen LogP contribution in [0.4, 0.5) is 0 Å². The van der Waals surface area contributed by atoms with Gasteiger partial charge in [0, 0.05) is 25.2 Å². The number of hydrogen-bond acceptors (Lipinski definition) is 3. The molecule has 0 aromatic rings. The maximum atomic E-state index is 5.47. The van der Waals surface area contributed by atoms with Crippen LogP contribution in [0.1, 0.15) is 47.0 Å². The van der Waals surface area contributed by atoms with Gasteiger partial charge in [-0.25, -0.2) is 0 Å². The van der Waals surface area contributed by atoms with Gasteiger partial charge in [0.05, 0.1) is 6.61 Å². The molecular weight excluding hydrogens is 224 g/mol. The first-order chi connectivity index (χ1) is 8.67. The summed E-state index contributed by atoms with van der Waals surface area (Å²) in [5.41, 5.74) is 0. The Bertz CT molecular complexity index is 209. The van der Waals surface area contributed by atoms with Gasteiger partial charge in [-0.1, -0.05) is 6.92 Å². The molecule has 3 heteroatoms. The summed E-state index contributed by atoms with van der Waals surface area (Å²) < 4.78 is 5.47. The second-order valence-corrected chi connectivity index (χ2v) is 5.72. The largest absolute Gasteiger partial charge is 0.380 e. The summed E-state index contributed by atoms with van der Waals surface area (Å²) in [4.78, 5) is 2.62. The van der Waals surface area contributed by atoms with Gasteiger partial charge in [0.2, 0.25) is 0 Å². The Kier molecular flexibility index (Phi) is 7.87. The highest BCUT2D eigenvalue weighted by Gasteiger charge is 2.24. The smallest absolute Gasteiger partial charge is 0.0616 e. The molecule has 1 heterocycles. The topological polar surface area (TPSA) is 24.5 Å². The highest BCUT2D eigenvalue weighted by Crippen LogP contribution is 2.20. The van der Waals surface area contributed by atoms with E-state index in [1.165, 1.54) is 38.9 Å². The van der Waals surface area contributed by atoms with Gasteiger partial charge in [-0.2, -0.15) is 0 Å². The van der Waals surface area contributed by atoms with E-state index in [-0.39, 0.29) is 0 Å². The van der Waals surface area contributed by atoms with Crippen LogP contribution in [0.3, 0.4) is 0 Å². The summed E-state index contributed by atoms with van der Waals surface area (Å²) in [7, 11) is 0. The zero-order valence-electron chi connectivity index (χ0n) is 12.7. The van der Waals surface area contributed by atoms with Crippen LogP contribution < -0.4 is 5.32 Å². The van der Waals surface area contributed by atoms with Gasteiger partial charge in [0.25, 0.3) is 0 Å². The lowest BCUT2D eigenvalue weighted by Gasteiger charge is -2.37. The molecule has 1 aliphatic heterocycles. The van der Waals surface area contributed by atoms with E-state index < -0.39 is 0 Å². The van der Waals surface area contributed by atoms with Gasteiger partial charge in [-0.3, -0.25) is 0 Å². The molecule has 108 valence electrons. The summed E-state index contributed by atoms with van der Waals surface area (Å²) in [5.74, 6) is 0.800. The number of ether oxygens (including phenoxy) is 1. The van der Waals surface area contributed by atoms with Crippen LogP contribution in [0.2, 0.25) is 0 Å². The average molecular weight is 256 g/mol. The van der Waals surface area contributed by atoms with Crippen molar-refractivity contribution in [1.29, 1.82) is 0 Å². The highest BCUT2D eigenvalue weighted by atomic mass is 16.5. The van der Waals surface area contributed by atoms with Gasteiger partial charge in [0.15, 0.2) is 0 Å². The summed E-state index contributed by atoms with van der Waals surface area (Å²) in [5, 5.41) is 3.70. The van der Waals surface area contributed by atoms with Crippen molar-refractivity contribution in [2.24, 2.45) is 5.92 Å². The highest BCUT2D eigenvalue weighted by molar-refractivity contribution is 4.81. The van der Waals surface area contributed by atoms with Gasteiger partial charge >= 0.3 is 0 Å². The molecule has 3 atom stereocenters. The van der Waals surface area contributed by atoms with Crippen LogP contribution in [0.25, 0.3) is 0 Å². The Hall–Kier alpha value is -0.120. The number of hydrogen-bond donors (Lipinski definition) is 1. The molecule has 1 fully saturated rings. The number of rotatable bonds is 8. The Morgan fingerprint density at radius 1 is 1.33 bits per heavy atom. The Morgan fingerprint density at radius 3 is 2.78 bits per heavy atom. The maximum absolute atomic E-state index is 5.47. The Morgan fingerprint density at radius 2 is 2.11 bits per heavy atom. The zero-order chi connectivity index (χ0) is 13.4. The fourth-order valence-corrected chi connectivity index (χ4v) is 2.95. The minimum Gasteiger partial charge on any atom is -0.380 e. The van der Waals surface area contributed by atoms with E-state index in [2.05, 4.69) is 37.9 Å². The lowest BCUT2D eigenvalue weighted by atomic mass is 9.91. The van der Waals surface area contributed by atoms with Crippen LogP contribution >= 0.6 is 0 Å². The third-order valence-corrected chi connectivity index (χ3v) is 3.91. The predicted octanol–water partition coefficient (Wildman–Crippen LogP) is 2.51. The van der Waals surface area contributed by atoms with E-state index in [4.69, 9.17) is 4.74 Å². The molecule has 0 bridgehead atoms. The average Bonchev–Trinajstić information content (AvgIpc) is 2.37. The van der Waals surface area contributed by atoms with Crippen molar-refractivity contribution in [2.75, 3.05) is 32.8 Å². The third kappa shape index (κ3) is 5.68. The molecule has 3 unspecified atom stereocenters. The van der Waals surface area contributed by atoms with Crippen molar-refractivity contribution in [2.45, 2.75) is 59.0 Å². The quantitative estimate of drug-likeness (QED) is 0.722. The molecule has 0 aromatic heterocycles. The lowest BCUT2D eigenvalue weighted by Crippen LogP contribution is -2.47. The number of nitrogens with one attached hydrogen (secondary N) is 1. The van der Waals surface area contributed by atoms with Gasteiger partial charge in [0.1, 0.15) is 0 Å². The first-order valence-corrected chi connectivity index (χ1v) is 7.73. The van der Waals surface area contributed by atoms with Crippen LogP contribution in [0, 0.1) is 5.92 Å². The van der Waals surface area contributed by atoms with E-state index in [0.717, 1.165) is 19.1 Å². The molecule has 1 saturated heterocycles. The molecule has 3 nitrogen and oxygen atoms in total. The lowest BCUT2D eigenvalue weighted by molar-refractivity contribution is 0.108. The molecule has 0 amide bonds. The molecule has 0 aliphatic carbocycles. The minimum absolute atomic E-state index is 0.460. The van der Waals surface area contributed by atoms with E-state index in [9.17, 15) is 0 Å². The molecule has 0 radical (unpaired) electrons. The molecule has 0 aromatic carbocycles. The Balaban J connectivity index is 2.29. The van der Waals surface area contributed by atoms with Crippen LogP contribution in [-0.2, 0) is 4.74 Å². The fourth-order valence-electron chi connectivity index (χ4n) is 2.95. The Labute approximate surface area is 113 Å². The van der Waals surface area contributed by atoms with E-state index >= 15 is 0 Å². The molecule has 1 rings (SSSR count). The third-order valence-electron chi connectivity index (χ3n) is 3.91. The van der Waals surface area contributed by atoms with Gasteiger partial charge < -0.3 is 15.0 Å². The summed E-state index contributed by atoms with van der Waals surface area (Å²) >= 11 is 0. The van der Waals surface area contributed by atoms with Crippen LogP contribution in [0.15, 0.2) is 0 Å². The second-order valence-electron chi connectivity index (χ2n) is 5.72. The normalized spacial score (nSPS) is 25.0. The minimum atomic E-state index is 0.460. The summed E-state index contributed by atoms with van der Waals surface area (Å²) in [6, 6.07) is 1.06. The molecule has 0 saturated carbocycles. The van der Waals surface area contributed by atoms with Crippen molar-refractivity contribution < 1.29 is 4.74 Å². The second kappa shape index (κ2) is 8.89. The van der Waals surface area contributed by atoms with Crippen molar-refractivity contribution >= 4 is 0 Å².